The molecule has 0 amide bonds. The molecule has 0 saturated carbocycles. The van der Waals surface area contributed by atoms with Crippen molar-refractivity contribution < 1.29 is 4.74 Å². The number of fused-ring (bicyclic) bond motifs is 1. The second-order valence-electron chi connectivity index (χ2n) is 4.54. The molecule has 0 bridgehead atoms. The third-order valence-corrected chi connectivity index (χ3v) is 3.49. The lowest BCUT2D eigenvalue weighted by molar-refractivity contribution is 0.101. The van der Waals surface area contributed by atoms with Crippen molar-refractivity contribution in [2.45, 2.75) is 31.9 Å². The molecule has 3 rings (SSSR count). The SMILES string of the molecule is Nc1nc2cc(Cl)cnc2n1CCC1CCCO1. The summed E-state index contributed by atoms with van der Waals surface area (Å²) in [5, 5.41) is 0.575. The van der Waals surface area contributed by atoms with Gasteiger partial charge in [-0.15, -0.1) is 0 Å². The van der Waals surface area contributed by atoms with E-state index < -0.39 is 0 Å². The number of ether oxygens (including phenoxy) is 1. The second kappa shape index (κ2) is 4.74. The van der Waals surface area contributed by atoms with Crippen LogP contribution in [0, 0.1) is 0 Å². The van der Waals surface area contributed by atoms with Crippen LogP contribution in [0.5, 0.6) is 0 Å². The van der Waals surface area contributed by atoms with Crippen LogP contribution in [0.1, 0.15) is 19.3 Å². The molecule has 96 valence electrons. The zero-order valence-electron chi connectivity index (χ0n) is 9.97. The fourth-order valence-corrected chi connectivity index (χ4v) is 2.52. The minimum Gasteiger partial charge on any atom is -0.378 e. The van der Waals surface area contributed by atoms with E-state index in [0.717, 1.165) is 43.6 Å². The van der Waals surface area contributed by atoms with Crippen molar-refractivity contribution >= 4 is 28.7 Å². The van der Waals surface area contributed by atoms with Crippen LogP contribution >= 0.6 is 11.6 Å². The summed E-state index contributed by atoms with van der Waals surface area (Å²) in [5.74, 6) is 0.484. The van der Waals surface area contributed by atoms with E-state index in [1.165, 1.54) is 0 Å². The second-order valence-corrected chi connectivity index (χ2v) is 4.98. The van der Waals surface area contributed by atoms with E-state index in [0.29, 0.717) is 17.1 Å². The largest absolute Gasteiger partial charge is 0.378 e. The molecular formula is C12H15ClN4O. The van der Waals surface area contributed by atoms with Crippen LogP contribution in [0.2, 0.25) is 5.02 Å². The molecule has 2 aromatic rings. The number of nitrogens with two attached hydrogens (primary N) is 1. The van der Waals surface area contributed by atoms with Crippen LogP contribution in [-0.4, -0.2) is 27.2 Å². The Hall–Kier alpha value is -1.33. The zero-order valence-corrected chi connectivity index (χ0v) is 10.7. The molecule has 2 aromatic heterocycles. The summed E-state index contributed by atoms with van der Waals surface area (Å²) in [6, 6.07) is 1.78. The Morgan fingerprint density at radius 1 is 1.56 bits per heavy atom. The molecule has 0 aliphatic carbocycles. The fraction of sp³-hybridized carbons (Fsp3) is 0.500. The maximum atomic E-state index is 5.92. The standard InChI is InChI=1S/C12H15ClN4O/c13-8-6-10-11(15-7-8)17(12(14)16-10)4-3-9-2-1-5-18-9/h6-7,9H,1-5H2,(H2,14,16). The van der Waals surface area contributed by atoms with E-state index in [2.05, 4.69) is 9.97 Å². The molecule has 6 heteroatoms. The Morgan fingerprint density at radius 3 is 3.22 bits per heavy atom. The Bertz CT molecular complexity index is 562. The maximum Gasteiger partial charge on any atom is 0.202 e. The van der Waals surface area contributed by atoms with Gasteiger partial charge in [-0.1, -0.05) is 11.6 Å². The quantitative estimate of drug-likeness (QED) is 0.925. The Labute approximate surface area is 110 Å². The number of halogens is 1. The first-order valence-electron chi connectivity index (χ1n) is 6.13. The summed E-state index contributed by atoms with van der Waals surface area (Å²) >= 11 is 5.89. The van der Waals surface area contributed by atoms with Crippen molar-refractivity contribution in [2.24, 2.45) is 0 Å². The lowest BCUT2D eigenvalue weighted by atomic mass is 10.2. The number of pyridine rings is 1. The van der Waals surface area contributed by atoms with Crippen molar-refractivity contribution in [3.8, 4) is 0 Å². The van der Waals surface area contributed by atoms with Gasteiger partial charge in [0.25, 0.3) is 0 Å². The number of hydrogen-bond donors (Lipinski definition) is 1. The number of nitrogens with zero attached hydrogens (tertiary/aromatic N) is 3. The highest BCUT2D eigenvalue weighted by Gasteiger charge is 2.17. The van der Waals surface area contributed by atoms with Gasteiger partial charge in [-0.05, 0) is 25.3 Å². The summed E-state index contributed by atoms with van der Waals surface area (Å²) < 4.78 is 7.53. The molecule has 1 fully saturated rings. The average Bonchev–Trinajstić information content (AvgIpc) is 2.93. The van der Waals surface area contributed by atoms with Crippen LogP contribution in [0.15, 0.2) is 12.3 Å². The molecule has 1 aliphatic heterocycles. The van der Waals surface area contributed by atoms with Gasteiger partial charge >= 0.3 is 0 Å². The molecule has 5 nitrogen and oxygen atoms in total. The summed E-state index contributed by atoms with van der Waals surface area (Å²) in [5.41, 5.74) is 7.45. The Kier molecular flexibility index (Phi) is 3.09. The predicted molar refractivity (Wildman–Crippen MR) is 70.5 cm³/mol. The van der Waals surface area contributed by atoms with E-state index in [4.69, 9.17) is 22.1 Å². The first kappa shape index (κ1) is 11.7. The van der Waals surface area contributed by atoms with Crippen molar-refractivity contribution in [2.75, 3.05) is 12.3 Å². The number of aryl methyl sites for hydroxylation is 1. The number of imidazole rings is 1. The first-order chi connectivity index (χ1) is 8.74. The topological polar surface area (TPSA) is 66.0 Å². The number of anilines is 1. The summed E-state index contributed by atoms with van der Waals surface area (Å²) in [4.78, 5) is 8.57. The van der Waals surface area contributed by atoms with Gasteiger partial charge < -0.3 is 10.5 Å². The van der Waals surface area contributed by atoms with Crippen LogP contribution in [-0.2, 0) is 11.3 Å². The Morgan fingerprint density at radius 2 is 2.44 bits per heavy atom. The molecule has 1 unspecified atom stereocenters. The van der Waals surface area contributed by atoms with E-state index in [-0.39, 0.29) is 0 Å². The number of rotatable bonds is 3. The highest BCUT2D eigenvalue weighted by molar-refractivity contribution is 6.31. The minimum absolute atomic E-state index is 0.342. The molecule has 18 heavy (non-hydrogen) atoms. The van der Waals surface area contributed by atoms with Crippen molar-refractivity contribution in [1.82, 2.24) is 14.5 Å². The predicted octanol–water partition coefficient (Wildman–Crippen LogP) is 2.24. The van der Waals surface area contributed by atoms with Crippen molar-refractivity contribution in [3.63, 3.8) is 0 Å². The van der Waals surface area contributed by atoms with E-state index in [9.17, 15) is 0 Å². The normalized spacial score (nSPS) is 19.7. The third kappa shape index (κ3) is 2.15. The van der Waals surface area contributed by atoms with Gasteiger partial charge in [0, 0.05) is 19.3 Å². The first-order valence-corrected chi connectivity index (χ1v) is 6.50. The van der Waals surface area contributed by atoms with Crippen LogP contribution < -0.4 is 5.73 Å². The molecule has 1 atom stereocenters. The van der Waals surface area contributed by atoms with Gasteiger partial charge in [-0.25, -0.2) is 9.97 Å². The molecule has 2 N–H and O–H groups in total. The molecule has 0 radical (unpaired) electrons. The maximum absolute atomic E-state index is 5.92. The number of hydrogen-bond acceptors (Lipinski definition) is 4. The van der Waals surface area contributed by atoms with Gasteiger partial charge in [-0.2, -0.15) is 0 Å². The summed E-state index contributed by atoms with van der Waals surface area (Å²) in [7, 11) is 0. The fourth-order valence-electron chi connectivity index (χ4n) is 2.37. The average molecular weight is 267 g/mol. The van der Waals surface area contributed by atoms with Crippen molar-refractivity contribution in [3.05, 3.63) is 17.3 Å². The van der Waals surface area contributed by atoms with Gasteiger partial charge in [0.15, 0.2) is 5.65 Å². The van der Waals surface area contributed by atoms with Crippen LogP contribution in [0.25, 0.3) is 11.2 Å². The highest BCUT2D eigenvalue weighted by atomic mass is 35.5. The smallest absolute Gasteiger partial charge is 0.202 e. The molecule has 1 saturated heterocycles. The molecule has 1 aliphatic rings. The van der Waals surface area contributed by atoms with Gasteiger partial charge in [0.1, 0.15) is 5.52 Å². The zero-order chi connectivity index (χ0) is 12.5. The van der Waals surface area contributed by atoms with E-state index in [1.807, 2.05) is 4.57 Å². The Balaban J connectivity index is 1.84. The van der Waals surface area contributed by atoms with E-state index in [1.54, 1.807) is 12.3 Å². The van der Waals surface area contributed by atoms with Gasteiger partial charge in [0.05, 0.1) is 11.1 Å². The highest BCUT2D eigenvalue weighted by Crippen LogP contribution is 2.22. The lowest BCUT2D eigenvalue weighted by Gasteiger charge is -2.10. The number of aromatic nitrogens is 3. The summed E-state index contributed by atoms with van der Waals surface area (Å²) in [6.45, 7) is 1.65. The molecular weight excluding hydrogens is 252 g/mol. The lowest BCUT2D eigenvalue weighted by Crippen LogP contribution is -2.12. The number of nitrogen functional groups attached to an aromatic ring is 1. The van der Waals surface area contributed by atoms with E-state index >= 15 is 0 Å². The third-order valence-electron chi connectivity index (χ3n) is 3.28. The molecule has 0 aromatic carbocycles. The minimum atomic E-state index is 0.342. The molecule has 3 heterocycles. The molecule has 0 spiro atoms. The van der Waals surface area contributed by atoms with Crippen LogP contribution in [0.3, 0.4) is 0 Å². The van der Waals surface area contributed by atoms with Crippen molar-refractivity contribution in [1.29, 1.82) is 0 Å². The van der Waals surface area contributed by atoms with Crippen LogP contribution in [0.4, 0.5) is 5.95 Å². The van der Waals surface area contributed by atoms with Gasteiger partial charge in [-0.3, -0.25) is 4.57 Å². The monoisotopic (exact) mass is 266 g/mol. The van der Waals surface area contributed by atoms with Gasteiger partial charge in [0.2, 0.25) is 5.95 Å². The summed E-state index contributed by atoms with van der Waals surface area (Å²) in [6.07, 6.45) is 5.19.